The Kier molecular flexibility index (Phi) is 2.51. The van der Waals surface area contributed by atoms with E-state index in [1.807, 2.05) is 41.8 Å². The molecule has 0 aliphatic rings. The van der Waals surface area contributed by atoms with Crippen molar-refractivity contribution in [3.8, 4) is 6.07 Å². The van der Waals surface area contributed by atoms with Gasteiger partial charge in [0.15, 0.2) is 0 Å². The standard InChI is InChI=1S/C12H11N3/c1-10-12(7-13)15(9-14-10)8-11-5-3-2-4-6-11/h2-6,9H,8H2,1H3. The Hall–Kier alpha value is -2.08. The quantitative estimate of drug-likeness (QED) is 0.739. The molecule has 0 atom stereocenters. The minimum absolute atomic E-state index is 0.638. The molecule has 74 valence electrons. The van der Waals surface area contributed by atoms with Crippen LogP contribution in [-0.2, 0) is 6.54 Å². The molecule has 15 heavy (non-hydrogen) atoms. The van der Waals surface area contributed by atoms with Gasteiger partial charge in [-0.05, 0) is 12.5 Å². The zero-order chi connectivity index (χ0) is 10.7. The molecule has 3 nitrogen and oxygen atoms in total. The van der Waals surface area contributed by atoms with E-state index >= 15 is 0 Å². The molecule has 0 amide bonds. The maximum atomic E-state index is 8.96. The number of hydrogen-bond donors (Lipinski definition) is 0. The van der Waals surface area contributed by atoms with Gasteiger partial charge in [0.2, 0.25) is 0 Å². The number of imidazole rings is 1. The van der Waals surface area contributed by atoms with Crippen LogP contribution in [0.25, 0.3) is 0 Å². The summed E-state index contributed by atoms with van der Waals surface area (Å²) in [6, 6.07) is 12.2. The second kappa shape index (κ2) is 3.97. The molecule has 2 aromatic rings. The van der Waals surface area contributed by atoms with Crippen LogP contribution in [0.5, 0.6) is 0 Å². The second-order valence-corrected chi connectivity index (χ2v) is 3.40. The van der Waals surface area contributed by atoms with Crippen LogP contribution < -0.4 is 0 Å². The van der Waals surface area contributed by atoms with Gasteiger partial charge in [-0.15, -0.1) is 0 Å². The predicted octanol–water partition coefficient (Wildman–Crippen LogP) is 2.11. The summed E-state index contributed by atoms with van der Waals surface area (Å²) < 4.78 is 1.87. The van der Waals surface area contributed by atoms with Crippen LogP contribution >= 0.6 is 0 Å². The van der Waals surface area contributed by atoms with Crippen LogP contribution in [0.1, 0.15) is 17.0 Å². The molecule has 0 aliphatic heterocycles. The molecule has 1 aromatic carbocycles. The van der Waals surface area contributed by atoms with E-state index in [1.54, 1.807) is 6.33 Å². The summed E-state index contributed by atoms with van der Waals surface area (Å²) in [7, 11) is 0. The van der Waals surface area contributed by atoms with Crippen molar-refractivity contribution in [2.24, 2.45) is 0 Å². The number of nitriles is 1. The van der Waals surface area contributed by atoms with Crippen LogP contribution in [0.3, 0.4) is 0 Å². The van der Waals surface area contributed by atoms with Crippen LogP contribution in [-0.4, -0.2) is 9.55 Å². The minimum Gasteiger partial charge on any atom is -0.318 e. The van der Waals surface area contributed by atoms with Crippen LogP contribution in [0.4, 0.5) is 0 Å². The summed E-state index contributed by atoms with van der Waals surface area (Å²) in [5.74, 6) is 0. The fourth-order valence-electron chi connectivity index (χ4n) is 1.53. The van der Waals surface area contributed by atoms with Gasteiger partial charge in [0, 0.05) is 6.54 Å². The Balaban J connectivity index is 2.30. The van der Waals surface area contributed by atoms with Crippen molar-refractivity contribution in [1.29, 1.82) is 5.26 Å². The maximum absolute atomic E-state index is 8.96. The SMILES string of the molecule is Cc1ncn(Cc2ccccc2)c1C#N. The van der Waals surface area contributed by atoms with E-state index < -0.39 is 0 Å². The van der Waals surface area contributed by atoms with Crippen molar-refractivity contribution in [3.05, 3.63) is 53.6 Å². The zero-order valence-electron chi connectivity index (χ0n) is 8.51. The van der Waals surface area contributed by atoms with Gasteiger partial charge < -0.3 is 4.57 Å². The van der Waals surface area contributed by atoms with E-state index in [1.165, 1.54) is 5.56 Å². The molecular formula is C12H11N3. The maximum Gasteiger partial charge on any atom is 0.143 e. The Morgan fingerprint density at radius 3 is 2.73 bits per heavy atom. The van der Waals surface area contributed by atoms with Gasteiger partial charge in [-0.25, -0.2) is 4.98 Å². The average Bonchev–Trinajstić information content (AvgIpc) is 2.61. The Morgan fingerprint density at radius 2 is 2.07 bits per heavy atom. The highest BCUT2D eigenvalue weighted by Gasteiger charge is 2.05. The highest BCUT2D eigenvalue weighted by molar-refractivity contribution is 5.27. The average molecular weight is 197 g/mol. The summed E-state index contributed by atoms with van der Waals surface area (Å²) >= 11 is 0. The largest absolute Gasteiger partial charge is 0.318 e. The number of hydrogen-bond acceptors (Lipinski definition) is 2. The number of aromatic nitrogens is 2. The molecule has 0 saturated heterocycles. The molecule has 0 spiro atoms. The lowest BCUT2D eigenvalue weighted by atomic mass is 10.2. The first-order valence-electron chi connectivity index (χ1n) is 4.77. The van der Waals surface area contributed by atoms with E-state index in [4.69, 9.17) is 5.26 Å². The molecule has 2 rings (SSSR count). The Morgan fingerprint density at radius 1 is 1.33 bits per heavy atom. The van der Waals surface area contributed by atoms with Crippen molar-refractivity contribution in [2.45, 2.75) is 13.5 Å². The lowest BCUT2D eigenvalue weighted by Gasteiger charge is -2.03. The minimum atomic E-state index is 0.638. The van der Waals surface area contributed by atoms with Crippen molar-refractivity contribution >= 4 is 0 Å². The van der Waals surface area contributed by atoms with Gasteiger partial charge >= 0.3 is 0 Å². The third-order valence-corrected chi connectivity index (χ3v) is 2.32. The van der Waals surface area contributed by atoms with Gasteiger partial charge in [0.05, 0.1) is 12.0 Å². The fourth-order valence-corrected chi connectivity index (χ4v) is 1.53. The molecular weight excluding hydrogens is 186 g/mol. The molecule has 0 unspecified atom stereocenters. The smallest absolute Gasteiger partial charge is 0.143 e. The highest BCUT2D eigenvalue weighted by Crippen LogP contribution is 2.08. The molecule has 0 aliphatic carbocycles. The number of rotatable bonds is 2. The molecule has 1 heterocycles. The molecule has 0 bridgehead atoms. The molecule has 3 heteroatoms. The first kappa shape index (κ1) is 9.47. The number of aryl methyl sites for hydroxylation is 1. The Bertz CT molecular complexity index is 491. The molecule has 0 N–H and O–H groups in total. The lowest BCUT2D eigenvalue weighted by molar-refractivity contribution is 0.785. The zero-order valence-corrected chi connectivity index (χ0v) is 8.51. The lowest BCUT2D eigenvalue weighted by Crippen LogP contribution is -2.00. The predicted molar refractivity (Wildman–Crippen MR) is 57.2 cm³/mol. The van der Waals surface area contributed by atoms with Crippen molar-refractivity contribution in [2.75, 3.05) is 0 Å². The molecule has 0 radical (unpaired) electrons. The summed E-state index contributed by atoms with van der Waals surface area (Å²) in [4.78, 5) is 4.12. The van der Waals surface area contributed by atoms with E-state index in [9.17, 15) is 0 Å². The fraction of sp³-hybridized carbons (Fsp3) is 0.167. The van der Waals surface area contributed by atoms with Gasteiger partial charge in [0.1, 0.15) is 11.8 Å². The van der Waals surface area contributed by atoms with Crippen LogP contribution in [0, 0.1) is 18.3 Å². The van der Waals surface area contributed by atoms with Crippen molar-refractivity contribution in [3.63, 3.8) is 0 Å². The first-order chi connectivity index (χ1) is 7.31. The monoisotopic (exact) mass is 197 g/mol. The highest BCUT2D eigenvalue weighted by atomic mass is 15.1. The van der Waals surface area contributed by atoms with Gasteiger partial charge in [0.25, 0.3) is 0 Å². The molecule has 0 fully saturated rings. The third kappa shape index (κ3) is 1.89. The summed E-state index contributed by atoms with van der Waals surface area (Å²) in [5, 5.41) is 8.96. The summed E-state index contributed by atoms with van der Waals surface area (Å²) in [6.45, 7) is 2.55. The van der Waals surface area contributed by atoms with E-state index in [0.717, 1.165) is 5.69 Å². The molecule has 1 aromatic heterocycles. The van der Waals surface area contributed by atoms with E-state index in [0.29, 0.717) is 12.2 Å². The third-order valence-electron chi connectivity index (χ3n) is 2.32. The Labute approximate surface area is 88.6 Å². The van der Waals surface area contributed by atoms with Gasteiger partial charge in [-0.2, -0.15) is 5.26 Å². The van der Waals surface area contributed by atoms with Gasteiger partial charge in [-0.1, -0.05) is 30.3 Å². The van der Waals surface area contributed by atoms with Crippen LogP contribution in [0.2, 0.25) is 0 Å². The number of benzene rings is 1. The van der Waals surface area contributed by atoms with E-state index in [-0.39, 0.29) is 0 Å². The number of nitrogens with zero attached hydrogens (tertiary/aromatic N) is 3. The van der Waals surface area contributed by atoms with Crippen molar-refractivity contribution < 1.29 is 0 Å². The summed E-state index contributed by atoms with van der Waals surface area (Å²) in [6.07, 6.45) is 1.71. The van der Waals surface area contributed by atoms with Crippen molar-refractivity contribution in [1.82, 2.24) is 9.55 Å². The normalized spacial score (nSPS) is 9.87. The van der Waals surface area contributed by atoms with Crippen LogP contribution in [0.15, 0.2) is 36.7 Å². The second-order valence-electron chi connectivity index (χ2n) is 3.40. The first-order valence-corrected chi connectivity index (χ1v) is 4.77. The summed E-state index contributed by atoms with van der Waals surface area (Å²) in [5.41, 5.74) is 2.60. The van der Waals surface area contributed by atoms with E-state index in [2.05, 4.69) is 11.1 Å². The topological polar surface area (TPSA) is 41.6 Å². The van der Waals surface area contributed by atoms with Gasteiger partial charge in [-0.3, -0.25) is 0 Å². The molecule has 0 saturated carbocycles.